The first kappa shape index (κ1) is 15.0. The van der Waals surface area contributed by atoms with E-state index in [1.54, 1.807) is 0 Å². The monoisotopic (exact) mass is 314 g/mol. The van der Waals surface area contributed by atoms with Crippen LogP contribution in [0.2, 0.25) is 0 Å². The number of likely N-dealkylation sites (N-methyl/N-ethyl adjacent to an activating group) is 1. The van der Waals surface area contributed by atoms with Crippen molar-refractivity contribution in [1.82, 2.24) is 9.88 Å². The minimum atomic E-state index is 1.06. The minimum absolute atomic E-state index is 1.06. The SMILES string of the molecule is CN(C)CCc1c[nH]c2ccc(-c3cccc4ccccc34)cc12. The van der Waals surface area contributed by atoms with Crippen LogP contribution in [0.4, 0.5) is 0 Å². The summed E-state index contributed by atoms with van der Waals surface area (Å²) in [7, 11) is 4.24. The van der Waals surface area contributed by atoms with Crippen LogP contribution in [0.1, 0.15) is 5.56 Å². The molecule has 0 amide bonds. The molecule has 0 radical (unpaired) electrons. The number of hydrogen-bond donors (Lipinski definition) is 1. The summed E-state index contributed by atoms with van der Waals surface area (Å²) in [4.78, 5) is 5.64. The van der Waals surface area contributed by atoms with E-state index in [1.165, 1.54) is 38.4 Å². The number of aromatic amines is 1. The van der Waals surface area contributed by atoms with Crippen molar-refractivity contribution in [3.63, 3.8) is 0 Å². The van der Waals surface area contributed by atoms with Gasteiger partial charge in [-0.25, -0.2) is 0 Å². The summed E-state index contributed by atoms with van der Waals surface area (Å²) in [5.41, 5.74) is 5.19. The molecule has 0 atom stereocenters. The summed E-state index contributed by atoms with van der Waals surface area (Å²) < 4.78 is 0. The van der Waals surface area contributed by atoms with Gasteiger partial charge in [0, 0.05) is 23.6 Å². The summed E-state index contributed by atoms with van der Waals surface area (Å²) in [6.45, 7) is 1.06. The van der Waals surface area contributed by atoms with Gasteiger partial charge in [0.05, 0.1) is 0 Å². The first-order chi connectivity index (χ1) is 11.7. The molecule has 120 valence electrons. The van der Waals surface area contributed by atoms with E-state index >= 15 is 0 Å². The molecule has 0 aliphatic carbocycles. The first-order valence-corrected chi connectivity index (χ1v) is 8.45. The van der Waals surface area contributed by atoms with Crippen molar-refractivity contribution in [1.29, 1.82) is 0 Å². The number of nitrogens with one attached hydrogen (secondary N) is 1. The van der Waals surface area contributed by atoms with Gasteiger partial charge in [-0.2, -0.15) is 0 Å². The number of benzene rings is 3. The lowest BCUT2D eigenvalue weighted by Gasteiger charge is -2.10. The van der Waals surface area contributed by atoms with Gasteiger partial charge in [-0.1, -0.05) is 48.5 Å². The lowest BCUT2D eigenvalue weighted by Crippen LogP contribution is -2.14. The fourth-order valence-corrected chi connectivity index (χ4v) is 3.37. The van der Waals surface area contributed by atoms with Gasteiger partial charge in [0.2, 0.25) is 0 Å². The lowest BCUT2D eigenvalue weighted by molar-refractivity contribution is 0.414. The molecular weight excluding hydrogens is 292 g/mol. The Balaban J connectivity index is 1.83. The number of rotatable bonds is 4. The molecule has 0 spiro atoms. The minimum Gasteiger partial charge on any atom is -0.361 e. The summed E-state index contributed by atoms with van der Waals surface area (Å²) in [5.74, 6) is 0. The maximum Gasteiger partial charge on any atom is 0.0457 e. The molecule has 4 rings (SSSR count). The van der Waals surface area contributed by atoms with E-state index < -0.39 is 0 Å². The number of fused-ring (bicyclic) bond motifs is 2. The smallest absolute Gasteiger partial charge is 0.0457 e. The number of hydrogen-bond acceptors (Lipinski definition) is 1. The fraction of sp³-hybridized carbons (Fsp3) is 0.182. The van der Waals surface area contributed by atoms with Gasteiger partial charge >= 0.3 is 0 Å². The molecule has 0 aliphatic heterocycles. The maximum atomic E-state index is 3.41. The molecule has 0 fully saturated rings. The van der Waals surface area contributed by atoms with Crippen molar-refractivity contribution >= 4 is 21.7 Å². The molecule has 0 unspecified atom stereocenters. The number of H-pyrrole nitrogens is 1. The third-order valence-corrected chi connectivity index (χ3v) is 4.70. The average molecular weight is 314 g/mol. The van der Waals surface area contributed by atoms with E-state index in [-0.39, 0.29) is 0 Å². The molecule has 0 bridgehead atoms. The zero-order valence-corrected chi connectivity index (χ0v) is 14.2. The molecular formula is C22H22N2. The van der Waals surface area contributed by atoms with Crippen molar-refractivity contribution in [2.75, 3.05) is 20.6 Å². The Hall–Kier alpha value is -2.58. The Kier molecular flexibility index (Phi) is 3.83. The highest BCUT2D eigenvalue weighted by molar-refractivity contribution is 5.99. The molecule has 4 aromatic rings. The summed E-state index contributed by atoms with van der Waals surface area (Å²) in [6.07, 6.45) is 3.22. The van der Waals surface area contributed by atoms with Gasteiger partial charge in [0.15, 0.2) is 0 Å². The van der Waals surface area contributed by atoms with Crippen molar-refractivity contribution in [2.45, 2.75) is 6.42 Å². The predicted molar refractivity (Wildman–Crippen MR) is 103 cm³/mol. The average Bonchev–Trinajstić information content (AvgIpc) is 3.01. The fourth-order valence-electron chi connectivity index (χ4n) is 3.37. The Bertz CT molecular complexity index is 990. The summed E-state index contributed by atoms with van der Waals surface area (Å²) in [6, 6.07) is 21.9. The van der Waals surface area contributed by atoms with Crippen LogP contribution in [0, 0.1) is 0 Å². The molecule has 0 saturated heterocycles. The molecule has 0 saturated carbocycles. The van der Waals surface area contributed by atoms with Crippen LogP contribution in [0.15, 0.2) is 66.9 Å². The zero-order chi connectivity index (χ0) is 16.5. The van der Waals surface area contributed by atoms with Gasteiger partial charge in [0.25, 0.3) is 0 Å². The molecule has 1 N–H and O–H groups in total. The predicted octanol–water partition coefficient (Wildman–Crippen LogP) is 5.09. The Morgan fingerprint density at radius 3 is 2.58 bits per heavy atom. The normalized spacial score (nSPS) is 11.6. The Morgan fingerprint density at radius 2 is 1.71 bits per heavy atom. The molecule has 2 heteroatoms. The second-order valence-electron chi connectivity index (χ2n) is 6.65. The first-order valence-electron chi connectivity index (χ1n) is 8.45. The third kappa shape index (κ3) is 2.70. The molecule has 3 aromatic carbocycles. The zero-order valence-electron chi connectivity index (χ0n) is 14.2. The highest BCUT2D eigenvalue weighted by Gasteiger charge is 2.08. The lowest BCUT2D eigenvalue weighted by atomic mass is 9.96. The van der Waals surface area contributed by atoms with Crippen LogP contribution in [0.5, 0.6) is 0 Å². The third-order valence-electron chi connectivity index (χ3n) is 4.70. The van der Waals surface area contributed by atoms with Crippen LogP contribution < -0.4 is 0 Å². The van der Waals surface area contributed by atoms with Crippen LogP contribution >= 0.6 is 0 Å². The van der Waals surface area contributed by atoms with E-state index in [0.717, 1.165) is 13.0 Å². The van der Waals surface area contributed by atoms with E-state index in [9.17, 15) is 0 Å². The van der Waals surface area contributed by atoms with Crippen LogP contribution in [-0.4, -0.2) is 30.5 Å². The van der Waals surface area contributed by atoms with Crippen molar-refractivity contribution < 1.29 is 0 Å². The number of nitrogens with zero attached hydrogens (tertiary/aromatic N) is 1. The second-order valence-corrected chi connectivity index (χ2v) is 6.65. The van der Waals surface area contributed by atoms with Gasteiger partial charge in [-0.3, -0.25) is 0 Å². The van der Waals surface area contributed by atoms with Gasteiger partial charge in [0.1, 0.15) is 0 Å². The Morgan fingerprint density at radius 1 is 0.875 bits per heavy atom. The molecule has 0 aliphatic rings. The quantitative estimate of drug-likeness (QED) is 0.556. The van der Waals surface area contributed by atoms with Crippen LogP contribution in [0.3, 0.4) is 0 Å². The highest BCUT2D eigenvalue weighted by Crippen LogP contribution is 2.31. The second kappa shape index (κ2) is 6.14. The van der Waals surface area contributed by atoms with E-state index in [2.05, 4.69) is 90.8 Å². The molecule has 2 nitrogen and oxygen atoms in total. The molecule has 1 heterocycles. The topological polar surface area (TPSA) is 19.0 Å². The Labute approximate surface area is 142 Å². The van der Waals surface area contributed by atoms with Crippen LogP contribution in [-0.2, 0) is 6.42 Å². The molecule has 1 aromatic heterocycles. The van der Waals surface area contributed by atoms with Gasteiger partial charge < -0.3 is 9.88 Å². The van der Waals surface area contributed by atoms with Crippen LogP contribution in [0.25, 0.3) is 32.8 Å². The highest BCUT2D eigenvalue weighted by atomic mass is 15.0. The standard InChI is InChI=1S/C22H22N2/c1-24(2)13-12-18-15-23-22-11-10-17(14-21(18)22)20-9-5-7-16-6-3-4-8-19(16)20/h3-11,14-15,23H,12-13H2,1-2H3. The van der Waals surface area contributed by atoms with E-state index in [1.807, 2.05) is 0 Å². The van der Waals surface area contributed by atoms with Crippen molar-refractivity contribution in [3.05, 3.63) is 72.4 Å². The van der Waals surface area contributed by atoms with E-state index in [0.29, 0.717) is 0 Å². The number of aromatic nitrogens is 1. The molecule has 24 heavy (non-hydrogen) atoms. The van der Waals surface area contributed by atoms with Gasteiger partial charge in [-0.15, -0.1) is 0 Å². The van der Waals surface area contributed by atoms with E-state index in [4.69, 9.17) is 0 Å². The summed E-state index contributed by atoms with van der Waals surface area (Å²) in [5, 5.41) is 3.93. The maximum absolute atomic E-state index is 3.41. The summed E-state index contributed by atoms with van der Waals surface area (Å²) >= 11 is 0. The van der Waals surface area contributed by atoms with Gasteiger partial charge in [-0.05, 0) is 60.1 Å². The van der Waals surface area contributed by atoms with Crippen molar-refractivity contribution in [2.24, 2.45) is 0 Å². The van der Waals surface area contributed by atoms with Crippen molar-refractivity contribution in [3.8, 4) is 11.1 Å². The largest absolute Gasteiger partial charge is 0.361 e.